The van der Waals surface area contributed by atoms with E-state index in [-0.39, 0.29) is 24.4 Å². The van der Waals surface area contributed by atoms with Crippen molar-refractivity contribution in [3.63, 3.8) is 0 Å². The molecule has 1 aromatic heterocycles. The number of piperidine rings is 1. The van der Waals surface area contributed by atoms with Crippen LogP contribution in [-0.2, 0) is 18.4 Å². The minimum absolute atomic E-state index is 0.0487. The Hall–Kier alpha value is -2.63. The Bertz CT molecular complexity index is 703. The van der Waals surface area contributed by atoms with Gasteiger partial charge in [0.2, 0.25) is 0 Å². The largest absolute Gasteiger partial charge is 0.445 e. The highest BCUT2D eigenvalue weighted by Crippen LogP contribution is 2.22. The number of benzene rings is 1. The van der Waals surface area contributed by atoms with Crippen molar-refractivity contribution in [3.05, 3.63) is 53.9 Å². The Morgan fingerprint density at radius 3 is 2.54 bits per heavy atom. The zero-order valence-corrected chi connectivity index (χ0v) is 13.7. The Balaban J connectivity index is 1.47. The molecule has 0 atom stereocenters. The molecule has 6 nitrogen and oxygen atoms in total. The van der Waals surface area contributed by atoms with Crippen LogP contribution >= 0.6 is 0 Å². The second kappa shape index (κ2) is 7.29. The van der Waals surface area contributed by atoms with Crippen LogP contribution in [0, 0.1) is 5.92 Å². The molecule has 1 aliphatic heterocycles. The highest BCUT2D eigenvalue weighted by molar-refractivity contribution is 5.97. The summed E-state index contributed by atoms with van der Waals surface area (Å²) in [6.45, 7) is 1.36. The number of carbonyl (C=O) groups excluding carboxylic acids is 2. The highest BCUT2D eigenvalue weighted by atomic mass is 16.6. The summed E-state index contributed by atoms with van der Waals surface area (Å²) in [6.07, 6.45) is 4.35. The summed E-state index contributed by atoms with van der Waals surface area (Å²) >= 11 is 0. The molecule has 0 spiro atoms. The second-order valence-electron chi connectivity index (χ2n) is 6.07. The summed E-state index contributed by atoms with van der Waals surface area (Å²) in [5, 5.41) is 4.04. The Morgan fingerprint density at radius 1 is 1.21 bits per heavy atom. The van der Waals surface area contributed by atoms with Gasteiger partial charge < -0.3 is 9.64 Å². The number of amides is 1. The predicted octanol–water partition coefficient (Wildman–Crippen LogP) is 2.65. The normalized spacial score (nSPS) is 15.3. The van der Waals surface area contributed by atoms with Crippen molar-refractivity contribution in [2.45, 2.75) is 19.4 Å². The van der Waals surface area contributed by atoms with Crippen LogP contribution in [0.4, 0.5) is 4.79 Å². The van der Waals surface area contributed by atoms with E-state index in [1.54, 1.807) is 29.0 Å². The molecular weight excluding hydrogens is 306 g/mol. The van der Waals surface area contributed by atoms with E-state index in [0.717, 1.165) is 5.56 Å². The maximum Gasteiger partial charge on any atom is 0.410 e. The summed E-state index contributed by atoms with van der Waals surface area (Å²) in [7, 11) is 1.79. The molecule has 1 amide bonds. The number of ketones is 1. The molecule has 126 valence electrons. The fraction of sp³-hybridized carbons (Fsp3) is 0.389. The van der Waals surface area contributed by atoms with Crippen LogP contribution < -0.4 is 0 Å². The zero-order chi connectivity index (χ0) is 16.9. The van der Waals surface area contributed by atoms with Gasteiger partial charge in [0.15, 0.2) is 5.78 Å². The van der Waals surface area contributed by atoms with Crippen LogP contribution in [0.2, 0.25) is 0 Å². The molecule has 2 heterocycles. The molecule has 0 unspecified atom stereocenters. The SMILES string of the molecule is Cn1cc(C(=O)C2CCN(C(=O)OCc3ccccc3)CC2)cn1. The fourth-order valence-electron chi connectivity index (χ4n) is 2.92. The number of aromatic nitrogens is 2. The summed E-state index contributed by atoms with van der Waals surface area (Å²) < 4.78 is 6.97. The van der Waals surface area contributed by atoms with Crippen LogP contribution in [0.5, 0.6) is 0 Å². The summed E-state index contributed by atoms with van der Waals surface area (Å²) in [6, 6.07) is 9.60. The first-order valence-electron chi connectivity index (χ1n) is 8.12. The lowest BCUT2D eigenvalue weighted by atomic mass is 9.90. The molecule has 0 aliphatic carbocycles. The number of Topliss-reactive ketones (excluding diaryl/α,β-unsaturated/α-hetero) is 1. The van der Waals surface area contributed by atoms with E-state index in [9.17, 15) is 9.59 Å². The maximum atomic E-state index is 12.4. The Morgan fingerprint density at radius 2 is 1.92 bits per heavy atom. The van der Waals surface area contributed by atoms with E-state index in [0.29, 0.717) is 31.5 Å². The molecule has 0 radical (unpaired) electrons. The number of likely N-dealkylation sites (tertiary alicyclic amines) is 1. The summed E-state index contributed by atoms with van der Waals surface area (Å²) in [4.78, 5) is 26.2. The summed E-state index contributed by atoms with van der Waals surface area (Å²) in [5.41, 5.74) is 1.61. The molecule has 1 aliphatic rings. The summed E-state index contributed by atoms with van der Waals surface area (Å²) in [5.74, 6) is 0.0628. The van der Waals surface area contributed by atoms with E-state index >= 15 is 0 Å². The number of hydrogen-bond acceptors (Lipinski definition) is 4. The highest BCUT2D eigenvalue weighted by Gasteiger charge is 2.29. The van der Waals surface area contributed by atoms with Crippen molar-refractivity contribution in [2.75, 3.05) is 13.1 Å². The zero-order valence-electron chi connectivity index (χ0n) is 13.7. The van der Waals surface area contributed by atoms with Gasteiger partial charge in [0.05, 0.1) is 11.8 Å². The molecule has 0 N–H and O–H groups in total. The minimum atomic E-state index is -0.314. The standard InChI is InChI=1S/C18H21N3O3/c1-20-12-16(11-19-20)17(22)15-7-9-21(10-8-15)18(23)24-13-14-5-3-2-4-6-14/h2-6,11-12,15H,7-10,13H2,1H3. The molecule has 1 fully saturated rings. The third-order valence-corrected chi connectivity index (χ3v) is 4.32. The number of carbonyl (C=O) groups is 2. The number of ether oxygens (including phenoxy) is 1. The predicted molar refractivity (Wildman–Crippen MR) is 88.5 cm³/mol. The average molecular weight is 327 g/mol. The Labute approximate surface area is 141 Å². The smallest absolute Gasteiger partial charge is 0.410 e. The van der Waals surface area contributed by atoms with E-state index in [1.165, 1.54) is 0 Å². The molecule has 24 heavy (non-hydrogen) atoms. The van der Waals surface area contributed by atoms with E-state index < -0.39 is 0 Å². The molecule has 1 aromatic carbocycles. The van der Waals surface area contributed by atoms with Crippen LogP contribution in [0.1, 0.15) is 28.8 Å². The average Bonchev–Trinajstić information content (AvgIpc) is 3.06. The van der Waals surface area contributed by atoms with Crippen molar-refractivity contribution in [1.29, 1.82) is 0 Å². The number of nitrogens with zero attached hydrogens (tertiary/aromatic N) is 3. The lowest BCUT2D eigenvalue weighted by Gasteiger charge is -2.30. The van der Waals surface area contributed by atoms with Gasteiger partial charge in [-0.25, -0.2) is 4.79 Å². The van der Waals surface area contributed by atoms with Crippen molar-refractivity contribution in [2.24, 2.45) is 13.0 Å². The number of aryl methyl sites for hydroxylation is 1. The van der Waals surface area contributed by atoms with Gasteiger partial charge in [-0.05, 0) is 18.4 Å². The van der Waals surface area contributed by atoms with Crippen LogP contribution in [-0.4, -0.2) is 39.6 Å². The number of hydrogen-bond donors (Lipinski definition) is 0. The molecule has 0 saturated carbocycles. The topological polar surface area (TPSA) is 64.4 Å². The monoisotopic (exact) mass is 327 g/mol. The minimum Gasteiger partial charge on any atom is -0.445 e. The van der Waals surface area contributed by atoms with Gasteiger partial charge in [0, 0.05) is 32.3 Å². The molecule has 2 aromatic rings. The molecule has 6 heteroatoms. The van der Waals surface area contributed by atoms with Gasteiger partial charge in [-0.15, -0.1) is 0 Å². The first-order chi connectivity index (χ1) is 11.6. The third kappa shape index (κ3) is 3.82. The van der Waals surface area contributed by atoms with E-state index in [1.807, 2.05) is 30.3 Å². The van der Waals surface area contributed by atoms with E-state index in [2.05, 4.69) is 5.10 Å². The lowest BCUT2D eigenvalue weighted by molar-refractivity contribution is 0.0713. The van der Waals surface area contributed by atoms with Crippen LogP contribution in [0.25, 0.3) is 0 Å². The molecule has 1 saturated heterocycles. The molecule has 3 rings (SSSR count). The van der Waals surface area contributed by atoms with Gasteiger partial charge >= 0.3 is 6.09 Å². The van der Waals surface area contributed by atoms with Crippen molar-refractivity contribution >= 4 is 11.9 Å². The molecular formula is C18H21N3O3. The van der Waals surface area contributed by atoms with Crippen LogP contribution in [0.15, 0.2) is 42.7 Å². The van der Waals surface area contributed by atoms with Crippen LogP contribution in [0.3, 0.4) is 0 Å². The van der Waals surface area contributed by atoms with Gasteiger partial charge in [-0.3, -0.25) is 9.48 Å². The quantitative estimate of drug-likeness (QED) is 0.810. The fourth-order valence-corrected chi connectivity index (χ4v) is 2.92. The van der Waals surface area contributed by atoms with Gasteiger partial charge in [0.25, 0.3) is 0 Å². The van der Waals surface area contributed by atoms with Gasteiger partial charge in [-0.1, -0.05) is 30.3 Å². The molecule has 0 bridgehead atoms. The van der Waals surface area contributed by atoms with Gasteiger partial charge in [0.1, 0.15) is 6.61 Å². The lowest BCUT2D eigenvalue weighted by Crippen LogP contribution is -2.40. The maximum absolute atomic E-state index is 12.4. The van der Waals surface area contributed by atoms with Crippen molar-refractivity contribution in [3.8, 4) is 0 Å². The second-order valence-corrected chi connectivity index (χ2v) is 6.07. The Kier molecular flexibility index (Phi) is 4.93. The van der Waals surface area contributed by atoms with Crippen molar-refractivity contribution in [1.82, 2.24) is 14.7 Å². The van der Waals surface area contributed by atoms with Gasteiger partial charge in [-0.2, -0.15) is 5.10 Å². The first kappa shape index (κ1) is 16.2. The van der Waals surface area contributed by atoms with E-state index in [4.69, 9.17) is 4.74 Å². The third-order valence-electron chi connectivity index (χ3n) is 4.32. The van der Waals surface area contributed by atoms with Crippen molar-refractivity contribution < 1.29 is 14.3 Å². The first-order valence-corrected chi connectivity index (χ1v) is 8.12. The number of rotatable bonds is 4.